The van der Waals surface area contributed by atoms with Crippen molar-refractivity contribution in [3.05, 3.63) is 22.7 Å². The van der Waals surface area contributed by atoms with Crippen molar-refractivity contribution in [2.45, 2.75) is 11.3 Å². The molecular formula is C11H16BrNO3S. The Morgan fingerprint density at radius 2 is 2.12 bits per heavy atom. The lowest BCUT2D eigenvalue weighted by Gasteiger charge is -2.09. The van der Waals surface area contributed by atoms with Gasteiger partial charge in [-0.1, -0.05) is 15.9 Å². The van der Waals surface area contributed by atoms with Crippen LogP contribution in [0.5, 0.6) is 5.75 Å². The summed E-state index contributed by atoms with van der Waals surface area (Å²) in [5.74, 6) is 0.498. The number of sulfone groups is 1. The molecule has 0 heterocycles. The number of ether oxygens (including phenoxy) is 1. The number of nitrogens with one attached hydrogen (secondary N) is 1. The summed E-state index contributed by atoms with van der Waals surface area (Å²) in [6.07, 6.45) is 0.578. The summed E-state index contributed by atoms with van der Waals surface area (Å²) in [5.41, 5.74) is 0. The Labute approximate surface area is 110 Å². The zero-order valence-corrected chi connectivity index (χ0v) is 12.3. The van der Waals surface area contributed by atoms with Crippen LogP contribution in [0.3, 0.4) is 0 Å². The molecule has 1 aromatic carbocycles. The Hall–Kier alpha value is -0.590. The first-order chi connectivity index (χ1) is 8.01. The molecule has 0 aliphatic rings. The van der Waals surface area contributed by atoms with Gasteiger partial charge in [0.1, 0.15) is 10.6 Å². The molecule has 0 atom stereocenters. The monoisotopic (exact) mass is 321 g/mol. The number of methoxy groups -OCH3 is 1. The largest absolute Gasteiger partial charge is 0.495 e. The van der Waals surface area contributed by atoms with Crippen LogP contribution < -0.4 is 10.1 Å². The average Bonchev–Trinajstić information content (AvgIpc) is 2.29. The van der Waals surface area contributed by atoms with Crippen molar-refractivity contribution >= 4 is 25.8 Å². The second kappa shape index (κ2) is 6.37. The van der Waals surface area contributed by atoms with Crippen LogP contribution in [-0.4, -0.2) is 34.9 Å². The molecule has 17 heavy (non-hydrogen) atoms. The van der Waals surface area contributed by atoms with E-state index in [1.807, 2.05) is 0 Å². The zero-order chi connectivity index (χ0) is 12.9. The van der Waals surface area contributed by atoms with Crippen LogP contribution in [0, 0.1) is 0 Å². The molecule has 96 valence electrons. The molecule has 0 aliphatic heterocycles. The van der Waals surface area contributed by atoms with Crippen LogP contribution in [0.1, 0.15) is 6.42 Å². The van der Waals surface area contributed by atoms with Gasteiger partial charge in [-0.3, -0.25) is 0 Å². The van der Waals surface area contributed by atoms with Crippen LogP contribution >= 0.6 is 15.9 Å². The molecule has 4 nitrogen and oxygen atoms in total. The average molecular weight is 322 g/mol. The molecule has 0 fully saturated rings. The normalized spacial score (nSPS) is 11.5. The Morgan fingerprint density at radius 1 is 1.41 bits per heavy atom. The van der Waals surface area contributed by atoms with Crippen LogP contribution in [0.25, 0.3) is 0 Å². The Balaban J connectivity index is 3.00. The molecular weight excluding hydrogens is 306 g/mol. The fourth-order valence-electron chi connectivity index (χ4n) is 1.44. The lowest BCUT2D eigenvalue weighted by Crippen LogP contribution is -2.15. The van der Waals surface area contributed by atoms with Gasteiger partial charge in [0.25, 0.3) is 0 Å². The van der Waals surface area contributed by atoms with Crippen LogP contribution in [0.2, 0.25) is 0 Å². The van der Waals surface area contributed by atoms with Crippen LogP contribution in [-0.2, 0) is 9.84 Å². The molecule has 0 spiro atoms. The SMILES string of the molecule is CNCCCS(=O)(=O)c1cc(Br)ccc1OC. The summed E-state index contributed by atoms with van der Waals surface area (Å²) >= 11 is 3.27. The van der Waals surface area contributed by atoms with E-state index in [0.717, 1.165) is 4.47 Å². The van der Waals surface area contributed by atoms with Gasteiger partial charge in [-0.2, -0.15) is 0 Å². The predicted molar refractivity (Wildman–Crippen MR) is 71.3 cm³/mol. The van der Waals surface area contributed by atoms with Crippen molar-refractivity contribution in [2.24, 2.45) is 0 Å². The van der Waals surface area contributed by atoms with Gasteiger partial charge in [0.05, 0.1) is 12.9 Å². The second-order valence-electron chi connectivity index (χ2n) is 3.57. The molecule has 1 rings (SSSR count). The summed E-state index contributed by atoms with van der Waals surface area (Å²) in [7, 11) is -0.0267. The van der Waals surface area contributed by atoms with E-state index >= 15 is 0 Å². The molecule has 0 aromatic heterocycles. The van der Waals surface area contributed by atoms with Crippen molar-refractivity contribution in [1.82, 2.24) is 5.32 Å². The number of rotatable bonds is 6. The Bertz CT molecular complexity index is 474. The van der Waals surface area contributed by atoms with Gasteiger partial charge < -0.3 is 10.1 Å². The van der Waals surface area contributed by atoms with Crippen LogP contribution in [0.4, 0.5) is 0 Å². The van der Waals surface area contributed by atoms with Gasteiger partial charge >= 0.3 is 0 Å². The molecule has 0 amide bonds. The molecule has 1 aromatic rings. The number of hydrogen-bond acceptors (Lipinski definition) is 4. The maximum atomic E-state index is 12.1. The van der Waals surface area contributed by atoms with Gasteiger partial charge in [0, 0.05) is 4.47 Å². The lowest BCUT2D eigenvalue weighted by atomic mass is 10.3. The van der Waals surface area contributed by atoms with E-state index in [-0.39, 0.29) is 10.6 Å². The van der Waals surface area contributed by atoms with E-state index in [0.29, 0.717) is 18.7 Å². The summed E-state index contributed by atoms with van der Waals surface area (Å²) < 4.78 is 30.0. The highest BCUT2D eigenvalue weighted by Gasteiger charge is 2.19. The van der Waals surface area contributed by atoms with Crippen LogP contribution in [0.15, 0.2) is 27.6 Å². The predicted octanol–water partition coefficient (Wildman–Crippen LogP) is 1.84. The number of halogens is 1. The fraction of sp³-hybridized carbons (Fsp3) is 0.455. The van der Waals surface area contributed by atoms with Gasteiger partial charge in [0.15, 0.2) is 9.84 Å². The van der Waals surface area contributed by atoms with E-state index in [1.54, 1.807) is 25.2 Å². The minimum absolute atomic E-state index is 0.112. The van der Waals surface area contributed by atoms with Crippen molar-refractivity contribution in [3.63, 3.8) is 0 Å². The summed E-state index contributed by atoms with van der Waals surface area (Å²) in [6, 6.07) is 4.98. The van der Waals surface area contributed by atoms with Gasteiger partial charge in [-0.25, -0.2) is 8.42 Å². The summed E-state index contributed by atoms with van der Waals surface area (Å²) in [5, 5.41) is 2.93. The van der Waals surface area contributed by atoms with Crippen molar-refractivity contribution in [1.29, 1.82) is 0 Å². The van der Waals surface area contributed by atoms with E-state index in [1.165, 1.54) is 7.11 Å². The third-order valence-electron chi connectivity index (χ3n) is 2.30. The molecule has 0 saturated carbocycles. The van der Waals surface area contributed by atoms with E-state index in [9.17, 15) is 8.42 Å². The first-order valence-corrected chi connectivity index (χ1v) is 7.66. The standard InChI is InChI=1S/C11H16BrNO3S/c1-13-6-3-7-17(14,15)11-8-9(12)4-5-10(11)16-2/h4-5,8,13H,3,6-7H2,1-2H3. The fourth-order valence-corrected chi connectivity index (χ4v) is 3.46. The molecule has 0 bridgehead atoms. The van der Waals surface area contributed by atoms with Gasteiger partial charge in [0.2, 0.25) is 0 Å². The van der Waals surface area contributed by atoms with Gasteiger partial charge in [-0.05, 0) is 38.2 Å². The second-order valence-corrected chi connectivity index (χ2v) is 6.56. The highest BCUT2D eigenvalue weighted by Crippen LogP contribution is 2.28. The first-order valence-electron chi connectivity index (χ1n) is 5.22. The number of hydrogen-bond donors (Lipinski definition) is 1. The van der Waals surface area contributed by atoms with E-state index < -0.39 is 9.84 Å². The van der Waals surface area contributed by atoms with Crippen molar-refractivity contribution in [3.8, 4) is 5.75 Å². The minimum Gasteiger partial charge on any atom is -0.495 e. The quantitative estimate of drug-likeness (QED) is 0.812. The zero-order valence-electron chi connectivity index (χ0n) is 9.86. The third-order valence-corrected chi connectivity index (χ3v) is 4.61. The molecule has 0 saturated heterocycles. The maximum Gasteiger partial charge on any atom is 0.182 e. The molecule has 1 N–H and O–H groups in total. The molecule has 0 unspecified atom stereocenters. The van der Waals surface area contributed by atoms with Crippen molar-refractivity contribution < 1.29 is 13.2 Å². The van der Waals surface area contributed by atoms with E-state index in [4.69, 9.17) is 4.74 Å². The third kappa shape index (κ3) is 3.97. The number of benzene rings is 1. The smallest absolute Gasteiger partial charge is 0.182 e. The summed E-state index contributed by atoms with van der Waals surface area (Å²) in [4.78, 5) is 0.241. The van der Waals surface area contributed by atoms with Gasteiger partial charge in [-0.15, -0.1) is 0 Å². The van der Waals surface area contributed by atoms with Crippen molar-refractivity contribution in [2.75, 3.05) is 26.5 Å². The van der Waals surface area contributed by atoms with E-state index in [2.05, 4.69) is 21.2 Å². The highest BCUT2D eigenvalue weighted by molar-refractivity contribution is 9.10. The molecule has 0 aliphatic carbocycles. The maximum absolute atomic E-state index is 12.1. The molecule has 6 heteroatoms. The topological polar surface area (TPSA) is 55.4 Å². The summed E-state index contributed by atoms with van der Waals surface area (Å²) in [6.45, 7) is 0.676. The lowest BCUT2D eigenvalue weighted by molar-refractivity contribution is 0.402. The Morgan fingerprint density at radius 3 is 2.71 bits per heavy atom. The highest BCUT2D eigenvalue weighted by atomic mass is 79.9. The Kier molecular flexibility index (Phi) is 5.42. The first kappa shape index (κ1) is 14.5. The molecule has 0 radical (unpaired) electrons. The minimum atomic E-state index is -3.29.